The highest BCUT2D eigenvalue weighted by Gasteiger charge is 2.27. The number of hydrogen-bond acceptors (Lipinski definition) is 3. The smallest absolute Gasteiger partial charge is 0.246 e. The van der Waals surface area contributed by atoms with Gasteiger partial charge in [0.1, 0.15) is 11.0 Å². The summed E-state index contributed by atoms with van der Waals surface area (Å²) < 4.78 is 14.5. The molecule has 0 unspecified atom stereocenters. The van der Waals surface area contributed by atoms with E-state index < -0.39 is 6.10 Å². The number of amides is 1. The number of likely N-dealkylation sites (tertiary alicyclic amines) is 1. The molecule has 3 rings (SSSR count). The van der Waals surface area contributed by atoms with E-state index in [-0.39, 0.29) is 11.7 Å². The van der Waals surface area contributed by atoms with Gasteiger partial charge >= 0.3 is 0 Å². The maximum Gasteiger partial charge on any atom is 0.246 e. The summed E-state index contributed by atoms with van der Waals surface area (Å²) in [4.78, 5) is 13.4. The predicted octanol–water partition coefficient (Wildman–Crippen LogP) is 2.19. The van der Waals surface area contributed by atoms with Gasteiger partial charge in [0.2, 0.25) is 5.91 Å². The number of carbonyl (C=O) groups is 1. The van der Waals surface area contributed by atoms with E-state index >= 15 is 0 Å². The standard InChI is InChI=1S/C16H15ClFN3O2/c1-10-14(6-7-15(23)20-8-13(22)9-20)16(17)21(19-10)12-4-2-11(18)3-5-12/h2-7,13,22H,8-9H2,1H3/b7-6+. The minimum Gasteiger partial charge on any atom is -0.389 e. The molecule has 7 heteroatoms. The lowest BCUT2D eigenvalue weighted by atomic mass is 10.1. The molecule has 0 saturated carbocycles. The molecule has 0 radical (unpaired) electrons. The summed E-state index contributed by atoms with van der Waals surface area (Å²) in [5, 5.41) is 13.9. The number of aryl methyl sites for hydroxylation is 1. The first-order chi connectivity index (χ1) is 11.0. The van der Waals surface area contributed by atoms with E-state index in [2.05, 4.69) is 5.10 Å². The number of carbonyl (C=O) groups excluding carboxylic acids is 1. The van der Waals surface area contributed by atoms with E-state index in [1.807, 2.05) is 0 Å². The molecule has 0 bridgehead atoms. The lowest BCUT2D eigenvalue weighted by molar-refractivity contribution is -0.135. The van der Waals surface area contributed by atoms with Gasteiger partial charge in [0, 0.05) is 24.7 Å². The van der Waals surface area contributed by atoms with Gasteiger partial charge in [0.05, 0.1) is 17.5 Å². The van der Waals surface area contributed by atoms with Crippen molar-refractivity contribution < 1.29 is 14.3 Å². The van der Waals surface area contributed by atoms with Crippen LogP contribution in [-0.2, 0) is 4.79 Å². The highest BCUT2D eigenvalue weighted by molar-refractivity contribution is 6.31. The fourth-order valence-electron chi connectivity index (χ4n) is 2.35. The van der Waals surface area contributed by atoms with E-state index in [0.717, 1.165) is 0 Å². The fraction of sp³-hybridized carbons (Fsp3) is 0.250. The Balaban J connectivity index is 1.83. The Morgan fingerprint density at radius 2 is 2.04 bits per heavy atom. The third-order valence-corrected chi connectivity index (χ3v) is 4.05. The van der Waals surface area contributed by atoms with Gasteiger partial charge in [-0.3, -0.25) is 4.79 Å². The molecular weight excluding hydrogens is 321 g/mol. The van der Waals surface area contributed by atoms with Crippen molar-refractivity contribution in [3.05, 3.63) is 52.6 Å². The summed E-state index contributed by atoms with van der Waals surface area (Å²) in [6.07, 6.45) is 2.59. The average molecular weight is 336 g/mol. The lowest BCUT2D eigenvalue weighted by Gasteiger charge is -2.34. The van der Waals surface area contributed by atoms with Crippen LogP contribution in [0.2, 0.25) is 5.15 Å². The number of benzene rings is 1. The van der Waals surface area contributed by atoms with Crippen LogP contribution in [0.25, 0.3) is 11.8 Å². The Kier molecular flexibility index (Phi) is 4.19. The molecule has 1 aromatic heterocycles. The van der Waals surface area contributed by atoms with E-state index in [1.54, 1.807) is 25.1 Å². The van der Waals surface area contributed by atoms with Crippen LogP contribution in [0.1, 0.15) is 11.3 Å². The highest BCUT2D eigenvalue weighted by Crippen LogP contribution is 2.25. The normalized spacial score (nSPS) is 15.2. The predicted molar refractivity (Wildman–Crippen MR) is 84.9 cm³/mol. The van der Waals surface area contributed by atoms with Crippen molar-refractivity contribution in [1.82, 2.24) is 14.7 Å². The van der Waals surface area contributed by atoms with E-state index in [4.69, 9.17) is 11.6 Å². The Hall–Kier alpha value is -2.18. The zero-order valence-corrected chi connectivity index (χ0v) is 13.2. The first-order valence-corrected chi connectivity index (χ1v) is 7.49. The van der Waals surface area contributed by atoms with Crippen molar-refractivity contribution in [2.45, 2.75) is 13.0 Å². The van der Waals surface area contributed by atoms with Crippen molar-refractivity contribution in [3.8, 4) is 5.69 Å². The van der Waals surface area contributed by atoms with Crippen molar-refractivity contribution in [1.29, 1.82) is 0 Å². The summed E-state index contributed by atoms with van der Waals surface area (Å²) in [5.41, 5.74) is 1.92. The number of hydrogen-bond donors (Lipinski definition) is 1. The van der Waals surface area contributed by atoms with Gasteiger partial charge in [0.15, 0.2) is 0 Å². The molecule has 1 aromatic carbocycles. The molecule has 0 aliphatic carbocycles. The maximum atomic E-state index is 13.0. The van der Waals surface area contributed by atoms with Crippen molar-refractivity contribution in [2.24, 2.45) is 0 Å². The van der Waals surface area contributed by atoms with E-state index in [0.29, 0.717) is 35.2 Å². The summed E-state index contributed by atoms with van der Waals surface area (Å²) >= 11 is 6.33. The Bertz CT molecular complexity index is 764. The average Bonchev–Trinajstić information content (AvgIpc) is 2.77. The molecule has 120 valence electrons. The molecule has 2 heterocycles. The first-order valence-electron chi connectivity index (χ1n) is 7.12. The quantitative estimate of drug-likeness (QED) is 0.875. The number of rotatable bonds is 3. The second-order valence-electron chi connectivity index (χ2n) is 5.41. The van der Waals surface area contributed by atoms with Crippen molar-refractivity contribution in [3.63, 3.8) is 0 Å². The van der Waals surface area contributed by atoms with Gasteiger partial charge in [-0.15, -0.1) is 0 Å². The molecule has 1 saturated heterocycles. The molecule has 1 fully saturated rings. The van der Waals surface area contributed by atoms with E-state index in [1.165, 1.54) is 27.8 Å². The first kappa shape index (κ1) is 15.7. The summed E-state index contributed by atoms with van der Waals surface area (Å²) in [6, 6.07) is 5.81. The van der Waals surface area contributed by atoms with Gasteiger partial charge < -0.3 is 10.0 Å². The topological polar surface area (TPSA) is 58.4 Å². The number of aliphatic hydroxyl groups is 1. The Morgan fingerprint density at radius 1 is 1.39 bits per heavy atom. The molecule has 23 heavy (non-hydrogen) atoms. The zero-order valence-electron chi connectivity index (χ0n) is 12.4. The van der Waals surface area contributed by atoms with Crippen LogP contribution in [0.15, 0.2) is 30.3 Å². The minimum absolute atomic E-state index is 0.180. The van der Waals surface area contributed by atoms with Crippen molar-refractivity contribution in [2.75, 3.05) is 13.1 Å². The van der Waals surface area contributed by atoms with Gasteiger partial charge in [-0.05, 0) is 37.3 Å². The van der Waals surface area contributed by atoms with Crippen LogP contribution in [0, 0.1) is 12.7 Å². The molecule has 0 atom stereocenters. The largest absolute Gasteiger partial charge is 0.389 e. The van der Waals surface area contributed by atoms with Crippen LogP contribution in [-0.4, -0.2) is 44.9 Å². The minimum atomic E-state index is -0.432. The molecular formula is C16H15ClFN3O2. The number of β-amino-alcohol motifs (C(OH)–C–C–N with tert-alkyl or cyclic N) is 1. The van der Waals surface area contributed by atoms with Crippen LogP contribution in [0.4, 0.5) is 4.39 Å². The van der Waals surface area contributed by atoms with Crippen molar-refractivity contribution >= 4 is 23.6 Å². The van der Waals surface area contributed by atoms with Crippen LogP contribution in [0.5, 0.6) is 0 Å². The summed E-state index contributed by atoms with van der Waals surface area (Å²) in [7, 11) is 0. The van der Waals surface area contributed by atoms with Crippen LogP contribution < -0.4 is 0 Å². The number of aliphatic hydroxyl groups excluding tert-OH is 1. The zero-order chi connectivity index (χ0) is 16.6. The fourth-order valence-corrected chi connectivity index (χ4v) is 2.68. The van der Waals surface area contributed by atoms with Gasteiger partial charge in [0.25, 0.3) is 0 Å². The SMILES string of the molecule is Cc1nn(-c2ccc(F)cc2)c(Cl)c1/C=C/C(=O)N1CC(O)C1. The monoisotopic (exact) mass is 335 g/mol. The van der Waals surface area contributed by atoms with Gasteiger partial charge in [-0.1, -0.05) is 11.6 Å². The molecule has 2 aromatic rings. The molecule has 0 spiro atoms. The maximum absolute atomic E-state index is 13.0. The number of nitrogens with zero attached hydrogens (tertiary/aromatic N) is 3. The summed E-state index contributed by atoms with van der Waals surface area (Å²) in [6.45, 7) is 2.49. The second kappa shape index (κ2) is 6.14. The molecule has 1 N–H and O–H groups in total. The Labute approximate surface area is 137 Å². The summed E-state index contributed by atoms with van der Waals surface area (Å²) in [5.74, 6) is -0.517. The third-order valence-electron chi connectivity index (χ3n) is 3.69. The third kappa shape index (κ3) is 3.13. The molecule has 1 amide bonds. The lowest BCUT2D eigenvalue weighted by Crippen LogP contribution is -2.52. The van der Waals surface area contributed by atoms with Crippen LogP contribution in [0.3, 0.4) is 0 Å². The van der Waals surface area contributed by atoms with E-state index in [9.17, 15) is 14.3 Å². The van der Waals surface area contributed by atoms with Crippen LogP contribution >= 0.6 is 11.6 Å². The number of halogens is 2. The van der Waals surface area contributed by atoms with Gasteiger partial charge in [-0.2, -0.15) is 5.10 Å². The molecule has 1 aliphatic heterocycles. The Morgan fingerprint density at radius 3 is 2.65 bits per heavy atom. The second-order valence-corrected chi connectivity index (χ2v) is 5.77. The molecule has 5 nitrogen and oxygen atoms in total. The number of aromatic nitrogens is 2. The molecule has 1 aliphatic rings. The van der Waals surface area contributed by atoms with Gasteiger partial charge in [-0.25, -0.2) is 9.07 Å². The highest BCUT2D eigenvalue weighted by atomic mass is 35.5.